The van der Waals surface area contributed by atoms with E-state index >= 15 is 0 Å². The van der Waals surface area contributed by atoms with Gasteiger partial charge in [0.2, 0.25) is 0 Å². The Kier molecular flexibility index (Phi) is 7.75. The van der Waals surface area contributed by atoms with E-state index in [9.17, 15) is 24.9 Å². The second-order valence-corrected chi connectivity index (χ2v) is 7.49. The van der Waals surface area contributed by atoms with Crippen molar-refractivity contribution < 1.29 is 24.9 Å². The molecule has 2 amide bonds. The highest BCUT2D eigenvalue weighted by atomic mass is 16.3. The molecular formula is C23H27N5O5. The summed E-state index contributed by atoms with van der Waals surface area (Å²) in [4.78, 5) is 30.6. The smallest absolute Gasteiger partial charge is 0.255 e. The van der Waals surface area contributed by atoms with E-state index in [2.05, 4.69) is 15.4 Å². The van der Waals surface area contributed by atoms with E-state index in [1.807, 2.05) is 0 Å². The predicted molar refractivity (Wildman–Crippen MR) is 119 cm³/mol. The van der Waals surface area contributed by atoms with Crippen molar-refractivity contribution in [2.75, 3.05) is 6.54 Å². The van der Waals surface area contributed by atoms with Gasteiger partial charge >= 0.3 is 0 Å². The third kappa shape index (κ3) is 5.73. The number of hydrogen-bond acceptors (Lipinski definition) is 7. The molecule has 174 valence electrons. The number of likely N-dealkylation sites (N-methyl/N-ethyl adjacent to an activating group) is 1. The topological polar surface area (TPSA) is 141 Å². The first-order valence-corrected chi connectivity index (χ1v) is 10.5. The summed E-state index contributed by atoms with van der Waals surface area (Å²) in [6, 6.07) is 11.2. The first kappa shape index (κ1) is 23.9. The third-order valence-corrected chi connectivity index (χ3v) is 5.20. The molecule has 3 atom stereocenters. The van der Waals surface area contributed by atoms with Crippen LogP contribution in [0.4, 0.5) is 0 Å². The van der Waals surface area contributed by atoms with Crippen molar-refractivity contribution in [2.45, 2.75) is 38.6 Å². The van der Waals surface area contributed by atoms with E-state index < -0.39 is 30.1 Å². The number of phenols is 1. The van der Waals surface area contributed by atoms with Crippen LogP contribution in [0.3, 0.4) is 0 Å². The molecule has 33 heavy (non-hydrogen) atoms. The van der Waals surface area contributed by atoms with Crippen LogP contribution in [0.15, 0.2) is 61.1 Å². The molecule has 0 aliphatic heterocycles. The Bertz CT molecular complexity index is 1070. The summed E-state index contributed by atoms with van der Waals surface area (Å²) in [6.07, 6.45) is 0.960. The fraction of sp³-hybridized carbons (Fsp3) is 0.304. The molecule has 3 aromatic rings. The Morgan fingerprint density at radius 3 is 2.52 bits per heavy atom. The lowest BCUT2D eigenvalue weighted by Crippen LogP contribution is -2.51. The average Bonchev–Trinajstić information content (AvgIpc) is 3.36. The normalized spacial score (nSPS) is 13.7. The number of aromatic nitrogens is 3. The van der Waals surface area contributed by atoms with E-state index in [0.717, 1.165) is 0 Å². The molecule has 1 aromatic carbocycles. The molecule has 10 heteroatoms. The van der Waals surface area contributed by atoms with Crippen LogP contribution in [0.5, 0.6) is 5.75 Å². The van der Waals surface area contributed by atoms with Gasteiger partial charge in [-0.1, -0.05) is 12.1 Å². The molecule has 2 aromatic heterocycles. The molecule has 0 unspecified atom stereocenters. The number of aliphatic hydroxyl groups excluding tert-OH is 2. The molecule has 4 N–H and O–H groups in total. The summed E-state index contributed by atoms with van der Waals surface area (Å²) in [5, 5.41) is 37.6. The van der Waals surface area contributed by atoms with Crippen LogP contribution < -0.4 is 5.32 Å². The molecule has 0 spiro atoms. The number of amides is 2. The fourth-order valence-electron chi connectivity index (χ4n) is 3.30. The van der Waals surface area contributed by atoms with E-state index in [0.29, 0.717) is 16.9 Å². The van der Waals surface area contributed by atoms with Crippen molar-refractivity contribution in [3.8, 4) is 11.4 Å². The Balaban J connectivity index is 1.62. The molecule has 0 saturated carbocycles. The van der Waals surface area contributed by atoms with Gasteiger partial charge in [-0.3, -0.25) is 14.6 Å². The van der Waals surface area contributed by atoms with Crippen LogP contribution in [-0.4, -0.2) is 65.6 Å². The van der Waals surface area contributed by atoms with Crippen molar-refractivity contribution in [1.29, 1.82) is 0 Å². The highest BCUT2D eigenvalue weighted by Crippen LogP contribution is 2.25. The number of phenolic OH excluding ortho intramolecular Hbond substituents is 1. The number of nitrogens with zero attached hydrogens (tertiary/aromatic N) is 4. The lowest BCUT2D eigenvalue weighted by Gasteiger charge is -2.26. The monoisotopic (exact) mass is 453 g/mol. The standard InChI is InChI=1S/C23H27N5O5/c1-3-27(14-17-7-4-5-10-24-17)23(33)21(31)20(30)22(32)26-15(2)16-8-9-18(19(29)13-16)28-12-6-11-25-28/h4-13,15,20-21,29-31H,3,14H2,1-2H3,(H,26,32)/t15-,20-,21-/m1/s1. The quantitative estimate of drug-likeness (QED) is 0.378. The zero-order chi connectivity index (χ0) is 24.0. The van der Waals surface area contributed by atoms with Crippen LogP contribution in [0, 0.1) is 0 Å². The highest BCUT2D eigenvalue weighted by molar-refractivity contribution is 5.90. The molecule has 10 nitrogen and oxygen atoms in total. The van der Waals surface area contributed by atoms with Crippen molar-refractivity contribution in [2.24, 2.45) is 0 Å². The van der Waals surface area contributed by atoms with Crippen LogP contribution in [0.2, 0.25) is 0 Å². The van der Waals surface area contributed by atoms with Crippen LogP contribution in [-0.2, 0) is 16.1 Å². The summed E-state index contributed by atoms with van der Waals surface area (Å²) in [5.41, 5.74) is 1.65. The molecule has 0 radical (unpaired) electrons. The van der Waals surface area contributed by atoms with E-state index in [1.165, 1.54) is 15.6 Å². The van der Waals surface area contributed by atoms with Gasteiger partial charge < -0.3 is 25.5 Å². The summed E-state index contributed by atoms with van der Waals surface area (Å²) in [6.45, 7) is 3.78. The Morgan fingerprint density at radius 1 is 1.12 bits per heavy atom. The maximum atomic E-state index is 12.6. The number of aliphatic hydroxyl groups is 2. The van der Waals surface area contributed by atoms with Gasteiger partial charge in [0.1, 0.15) is 11.4 Å². The molecule has 0 bridgehead atoms. The zero-order valence-electron chi connectivity index (χ0n) is 18.4. The highest BCUT2D eigenvalue weighted by Gasteiger charge is 2.33. The van der Waals surface area contributed by atoms with Gasteiger partial charge in [0.05, 0.1) is 18.3 Å². The third-order valence-electron chi connectivity index (χ3n) is 5.20. The fourth-order valence-corrected chi connectivity index (χ4v) is 3.30. The summed E-state index contributed by atoms with van der Waals surface area (Å²) >= 11 is 0. The maximum Gasteiger partial charge on any atom is 0.255 e. The Morgan fingerprint density at radius 2 is 1.91 bits per heavy atom. The van der Waals surface area contributed by atoms with E-state index in [-0.39, 0.29) is 18.8 Å². The number of nitrogens with one attached hydrogen (secondary N) is 1. The number of carbonyl (C=O) groups is 2. The molecule has 0 aliphatic carbocycles. The van der Waals surface area contributed by atoms with Crippen LogP contribution in [0.1, 0.15) is 31.1 Å². The number of rotatable bonds is 9. The number of carbonyl (C=O) groups excluding carboxylic acids is 2. The van der Waals surface area contributed by atoms with Crippen molar-refractivity contribution in [3.05, 3.63) is 72.3 Å². The van der Waals surface area contributed by atoms with Gasteiger partial charge in [0.25, 0.3) is 11.8 Å². The zero-order valence-corrected chi connectivity index (χ0v) is 18.4. The minimum absolute atomic E-state index is 0.0406. The minimum atomic E-state index is -1.96. The van der Waals surface area contributed by atoms with Gasteiger partial charge in [-0.25, -0.2) is 4.68 Å². The van der Waals surface area contributed by atoms with E-state index in [4.69, 9.17) is 0 Å². The molecule has 3 rings (SSSR count). The molecule has 0 fully saturated rings. The van der Waals surface area contributed by atoms with E-state index in [1.54, 1.807) is 68.8 Å². The van der Waals surface area contributed by atoms with Gasteiger partial charge in [-0.2, -0.15) is 5.10 Å². The number of pyridine rings is 1. The van der Waals surface area contributed by atoms with Crippen molar-refractivity contribution in [1.82, 2.24) is 25.0 Å². The van der Waals surface area contributed by atoms with Gasteiger partial charge in [-0.05, 0) is 49.7 Å². The average molecular weight is 453 g/mol. The first-order chi connectivity index (χ1) is 15.8. The summed E-state index contributed by atoms with van der Waals surface area (Å²) in [5.74, 6) is -1.73. The largest absolute Gasteiger partial charge is 0.506 e. The van der Waals surface area contributed by atoms with Gasteiger partial charge in [0.15, 0.2) is 12.2 Å². The van der Waals surface area contributed by atoms with Gasteiger partial charge in [0, 0.05) is 25.1 Å². The second-order valence-electron chi connectivity index (χ2n) is 7.49. The molecular weight excluding hydrogens is 426 g/mol. The van der Waals surface area contributed by atoms with Crippen molar-refractivity contribution >= 4 is 11.8 Å². The Hall–Kier alpha value is -3.76. The number of benzene rings is 1. The molecule has 0 saturated heterocycles. The molecule has 0 aliphatic rings. The van der Waals surface area contributed by atoms with Crippen LogP contribution in [0.25, 0.3) is 5.69 Å². The lowest BCUT2D eigenvalue weighted by molar-refractivity contribution is -0.153. The minimum Gasteiger partial charge on any atom is -0.506 e. The predicted octanol–water partition coefficient (Wildman–Crippen LogP) is 0.921. The number of aromatic hydroxyl groups is 1. The number of hydrogen-bond donors (Lipinski definition) is 4. The second kappa shape index (κ2) is 10.7. The van der Waals surface area contributed by atoms with Crippen molar-refractivity contribution in [3.63, 3.8) is 0 Å². The first-order valence-electron chi connectivity index (χ1n) is 10.5. The maximum absolute atomic E-state index is 12.6. The summed E-state index contributed by atoms with van der Waals surface area (Å²) < 4.78 is 1.50. The summed E-state index contributed by atoms with van der Waals surface area (Å²) in [7, 11) is 0. The van der Waals surface area contributed by atoms with Crippen LogP contribution >= 0.6 is 0 Å². The lowest BCUT2D eigenvalue weighted by atomic mass is 10.1. The van der Waals surface area contributed by atoms with Gasteiger partial charge in [-0.15, -0.1) is 0 Å². The Labute approximate surface area is 191 Å². The molecule has 2 heterocycles. The SMILES string of the molecule is CCN(Cc1ccccn1)C(=O)[C@H](O)[C@@H](O)C(=O)N[C@H](C)c1ccc(-n2cccn2)c(O)c1.